The molecule has 2 atom stereocenters. The predicted octanol–water partition coefficient (Wildman–Crippen LogP) is 1.83. The Morgan fingerprint density at radius 2 is 1.80 bits per heavy atom. The summed E-state index contributed by atoms with van der Waals surface area (Å²) in [4.78, 5) is 22.6. The van der Waals surface area contributed by atoms with Crippen LogP contribution in [-0.2, 0) is 14.3 Å². The first kappa shape index (κ1) is 12.0. The van der Waals surface area contributed by atoms with Gasteiger partial charge in [-0.05, 0) is 19.8 Å². The standard InChI is InChI=1S/C11H18O4/c1-2-15-11(14)9-7-5-3-4-6-8(9)10(12)13/h8-9H,2-7H2,1H3,(H,12,13). The Bertz CT molecular complexity index is 237. The van der Waals surface area contributed by atoms with Gasteiger partial charge in [-0.1, -0.05) is 19.3 Å². The number of carbonyl (C=O) groups is 2. The van der Waals surface area contributed by atoms with E-state index in [-0.39, 0.29) is 5.97 Å². The first-order valence-electron chi connectivity index (χ1n) is 5.56. The number of hydrogen-bond donors (Lipinski definition) is 1. The van der Waals surface area contributed by atoms with Crippen LogP contribution >= 0.6 is 0 Å². The first-order chi connectivity index (χ1) is 7.16. The fourth-order valence-electron chi connectivity index (χ4n) is 2.13. The molecule has 4 nitrogen and oxygen atoms in total. The molecule has 0 aromatic heterocycles. The van der Waals surface area contributed by atoms with E-state index >= 15 is 0 Å². The zero-order chi connectivity index (χ0) is 11.3. The minimum Gasteiger partial charge on any atom is -0.481 e. The maximum Gasteiger partial charge on any atom is 0.309 e. The van der Waals surface area contributed by atoms with E-state index in [1.54, 1.807) is 6.92 Å². The van der Waals surface area contributed by atoms with Crippen LogP contribution in [0.5, 0.6) is 0 Å². The number of esters is 1. The second kappa shape index (κ2) is 5.73. The SMILES string of the molecule is CCOC(=O)C1CCCCCC1C(=O)O. The highest BCUT2D eigenvalue weighted by atomic mass is 16.5. The molecule has 4 heteroatoms. The molecule has 0 heterocycles. The normalized spacial score (nSPS) is 26.7. The number of carboxylic acid groups (broad SMARTS) is 1. The van der Waals surface area contributed by atoms with Gasteiger partial charge in [-0.15, -0.1) is 0 Å². The lowest BCUT2D eigenvalue weighted by Crippen LogP contribution is -2.30. The Kier molecular flexibility index (Phi) is 4.59. The summed E-state index contributed by atoms with van der Waals surface area (Å²) in [7, 11) is 0. The van der Waals surface area contributed by atoms with Gasteiger partial charge in [-0.3, -0.25) is 9.59 Å². The molecular weight excluding hydrogens is 196 g/mol. The number of hydrogen-bond acceptors (Lipinski definition) is 3. The van der Waals surface area contributed by atoms with Crippen LogP contribution in [0.3, 0.4) is 0 Å². The quantitative estimate of drug-likeness (QED) is 0.575. The molecule has 0 saturated heterocycles. The molecule has 15 heavy (non-hydrogen) atoms. The number of carbonyl (C=O) groups excluding carboxylic acids is 1. The third-order valence-corrected chi connectivity index (χ3v) is 2.92. The van der Waals surface area contributed by atoms with Gasteiger partial charge in [-0.2, -0.15) is 0 Å². The van der Waals surface area contributed by atoms with Crippen LogP contribution in [0, 0.1) is 11.8 Å². The highest BCUT2D eigenvalue weighted by Crippen LogP contribution is 2.30. The van der Waals surface area contributed by atoms with Gasteiger partial charge in [0.2, 0.25) is 0 Å². The minimum absolute atomic E-state index is 0.321. The number of ether oxygens (including phenoxy) is 1. The summed E-state index contributed by atoms with van der Waals surface area (Å²) in [6, 6.07) is 0. The molecule has 0 bridgehead atoms. The lowest BCUT2D eigenvalue weighted by atomic mass is 9.88. The van der Waals surface area contributed by atoms with Crippen molar-refractivity contribution in [3.05, 3.63) is 0 Å². The molecule has 1 saturated carbocycles. The third kappa shape index (κ3) is 3.22. The van der Waals surface area contributed by atoms with Crippen molar-refractivity contribution in [3.8, 4) is 0 Å². The van der Waals surface area contributed by atoms with Gasteiger partial charge in [0.15, 0.2) is 0 Å². The molecule has 1 aliphatic rings. The Morgan fingerprint density at radius 3 is 2.33 bits per heavy atom. The molecule has 0 spiro atoms. The van der Waals surface area contributed by atoms with Crippen LogP contribution < -0.4 is 0 Å². The van der Waals surface area contributed by atoms with Gasteiger partial charge in [-0.25, -0.2) is 0 Å². The summed E-state index contributed by atoms with van der Waals surface area (Å²) in [6.45, 7) is 2.06. The topological polar surface area (TPSA) is 63.6 Å². The van der Waals surface area contributed by atoms with Gasteiger partial charge in [0, 0.05) is 0 Å². The minimum atomic E-state index is -0.866. The van der Waals surface area contributed by atoms with Crippen molar-refractivity contribution in [2.45, 2.75) is 39.0 Å². The van der Waals surface area contributed by atoms with Crippen molar-refractivity contribution in [2.75, 3.05) is 6.61 Å². The number of aliphatic carboxylic acids is 1. The van der Waals surface area contributed by atoms with E-state index in [0.29, 0.717) is 19.4 Å². The van der Waals surface area contributed by atoms with E-state index in [2.05, 4.69) is 0 Å². The molecule has 86 valence electrons. The molecule has 0 radical (unpaired) electrons. The Morgan fingerprint density at radius 1 is 1.20 bits per heavy atom. The summed E-state index contributed by atoms with van der Waals surface area (Å²) >= 11 is 0. The third-order valence-electron chi connectivity index (χ3n) is 2.92. The highest BCUT2D eigenvalue weighted by molar-refractivity contribution is 5.81. The number of rotatable bonds is 3. The summed E-state index contributed by atoms with van der Waals surface area (Å²) in [6.07, 6.45) is 4.08. The average molecular weight is 214 g/mol. The fourth-order valence-corrected chi connectivity index (χ4v) is 2.13. The zero-order valence-corrected chi connectivity index (χ0v) is 9.07. The summed E-state index contributed by atoms with van der Waals surface area (Å²) < 4.78 is 4.92. The Labute approximate surface area is 89.6 Å². The highest BCUT2D eigenvalue weighted by Gasteiger charge is 2.35. The van der Waals surface area contributed by atoms with Crippen molar-refractivity contribution in [2.24, 2.45) is 11.8 Å². The van der Waals surface area contributed by atoms with Gasteiger partial charge in [0.1, 0.15) is 0 Å². The van der Waals surface area contributed by atoms with E-state index in [0.717, 1.165) is 19.3 Å². The van der Waals surface area contributed by atoms with Crippen LogP contribution in [0.1, 0.15) is 39.0 Å². The Hall–Kier alpha value is -1.06. The fraction of sp³-hybridized carbons (Fsp3) is 0.818. The van der Waals surface area contributed by atoms with Crippen LogP contribution in [0.2, 0.25) is 0 Å². The molecule has 1 fully saturated rings. The lowest BCUT2D eigenvalue weighted by molar-refractivity contribution is -0.157. The Balaban J connectivity index is 2.69. The molecule has 0 amide bonds. The molecule has 0 aromatic rings. The predicted molar refractivity (Wildman–Crippen MR) is 54.3 cm³/mol. The van der Waals surface area contributed by atoms with Crippen molar-refractivity contribution in [3.63, 3.8) is 0 Å². The van der Waals surface area contributed by atoms with Crippen LogP contribution in [-0.4, -0.2) is 23.7 Å². The molecule has 1 aliphatic carbocycles. The van der Waals surface area contributed by atoms with Crippen LogP contribution in [0.4, 0.5) is 0 Å². The number of carboxylic acids is 1. The largest absolute Gasteiger partial charge is 0.481 e. The zero-order valence-electron chi connectivity index (χ0n) is 9.07. The van der Waals surface area contributed by atoms with Crippen molar-refractivity contribution < 1.29 is 19.4 Å². The summed E-state index contributed by atoms with van der Waals surface area (Å²) in [5.41, 5.74) is 0. The van der Waals surface area contributed by atoms with Crippen LogP contribution in [0.25, 0.3) is 0 Å². The maximum absolute atomic E-state index is 11.6. The van der Waals surface area contributed by atoms with Gasteiger partial charge < -0.3 is 9.84 Å². The summed E-state index contributed by atoms with van der Waals surface area (Å²) in [5.74, 6) is -2.20. The second-order valence-corrected chi connectivity index (χ2v) is 3.94. The average Bonchev–Trinajstić information content (AvgIpc) is 2.42. The van der Waals surface area contributed by atoms with Crippen molar-refractivity contribution in [1.82, 2.24) is 0 Å². The van der Waals surface area contributed by atoms with E-state index in [9.17, 15) is 9.59 Å². The van der Waals surface area contributed by atoms with Gasteiger partial charge >= 0.3 is 11.9 Å². The molecule has 2 unspecified atom stereocenters. The van der Waals surface area contributed by atoms with E-state index in [4.69, 9.17) is 9.84 Å². The first-order valence-corrected chi connectivity index (χ1v) is 5.56. The molecular formula is C11H18O4. The van der Waals surface area contributed by atoms with E-state index in [1.807, 2.05) is 0 Å². The summed E-state index contributed by atoms with van der Waals surface area (Å²) in [5, 5.41) is 9.04. The van der Waals surface area contributed by atoms with Crippen molar-refractivity contribution >= 4 is 11.9 Å². The van der Waals surface area contributed by atoms with E-state index < -0.39 is 17.8 Å². The lowest BCUT2D eigenvalue weighted by Gasteiger charge is -2.19. The molecule has 1 N–H and O–H groups in total. The van der Waals surface area contributed by atoms with Gasteiger partial charge in [0.25, 0.3) is 0 Å². The molecule has 0 aromatic carbocycles. The van der Waals surface area contributed by atoms with Crippen molar-refractivity contribution in [1.29, 1.82) is 0 Å². The molecule has 0 aliphatic heterocycles. The monoisotopic (exact) mass is 214 g/mol. The second-order valence-electron chi connectivity index (χ2n) is 3.94. The smallest absolute Gasteiger partial charge is 0.309 e. The molecule has 1 rings (SSSR count). The van der Waals surface area contributed by atoms with Crippen LogP contribution in [0.15, 0.2) is 0 Å². The van der Waals surface area contributed by atoms with Gasteiger partial charge in [0.05, 0.1) is 18.4 Å². The van der Waals surface area contributed by atoms with E-state index in [1.165, 1.54) is 0 Å². The maximum atomic E-state index is 11.6.